The standard InChI is InChI=1S/C16H18BrN3O/c1-12-10-18-20(11-12)8-5-15(21)19-16(6-7-16)13-3-2-4-14(17)9-13/h2-4,9-11H,5-8H2,1H3,(H,19,21). The Bertz CT molecular complexity index is 661. The van der Waals surface area contributed by atoms with Crippen molar-refractivity contribution in [1.82, 2.24) is 15.1 Å². The van der Waals surface area contributed by atoms with Gasteiger partial charge in [-0.05, 0) is 43.0 Å². The second-order valence-electron chi connectivity index (χ2n) is 5.67. The summed E-state index contributed by atoms with van der Waals surface area (Å²) in [6.07, 6.45) is 6.24. The zero-order chi connectivity index (χ0) is 14.9. The predicted molar refractivity (Wildman–Crippen MR) is 84.8 cm³/mol. The molecule has 1 N–H and O–H groups in total. The fourth-order valence-electron chi connectivity index (χ4n) is 2.53. The van der Waals surface area contributed by atoms with Gasteiger partial charge in [-0.1, -0.05) is 28.1 Å². The molecular formula is C16H18BrN3O. The fraction of sp³-hybridized carbons (Fsp3) is 0.375. The molecule has 0 saturated heterocycles. The third kappa shape index (κ3) is 3.35. The van der Waals surface area contributed by atoms with E-state index in [4.69, 9.17) is 0 Å². The molecule has 0 aliphatic heterocycles. The fourth-order valence-corrected chi connectivity index (χ4v) is 2.93. The van der Waals surface area contributed by atoms with E-state index < -0.39 is 0 Å². The van der Waals surface area contributed by atoms with Crippen LogP contribution in [-0.4, -0.2) is 15.7 Å². The molecule has 0 radical (unpaired) electrons. The van der Waals surface area contributed by atoms with Crippen LogP contribution in [0.2, 0.25) is 0 Å². The Labute approximate surface area is 132 Å². The zero-order valence-corrected chi connectivity index (χ0v) is 13.6. The normalized spacial score (nSPS) is 15.7. The van der Waals surface area contributed by atoms with Crippen LogP contribution < -0.4 is 5.32 Å². The van der Waals surface area contributed by atoms with Crippen LogP contribution >= 0.6 is 15.9 Å². The van der Waals surface area contributed by atoms with E-state index in [0.717, 1.165) is 22.9 Å². The molecule has 21 heavy (non-hydrogen) atoms. The minimum Gasteiger partial charge on any atom is -0.347 e. The number of aryl methyl sites for hydroxylation is 2. The second kappa shape index (κ2) is 5.64. The van der Waals surface area contributed by atoms with Crippen molar-refractivity contribution in [3.8, 4) is 0 Å². The molecule has 1 saturated carbocycles. The minimum atomic E-state index is -0.152. The molecule has 1 aromatic carbocycles. The Morgan fingerprint density at radius 2 is 2.29 bits per heavy atom. The molecule has 3 rings (SSSR count). The highest BCUT2D eigenvalue weighted by molar-refractivity contribution is 9.10. The first-order chi connectivity index (χ1) is 10.1. The lowest BCUT2D eigenvalue weighted by molar-refractivity contribution is -0.122. The van der Waals surface area contributed by atoms with Crippen LogP contribution in [0.4, 0.5) is 0 Å². The van der Waals surface area contributed by atoms with Gasteiger partial charge in [-0.3, -0.25) is 9.48 Å². The largest absolute Gasteiger partial charge is 0.347 e. The van der Waals surface area contributed by atoms with Crippen LogP contribution in [0, 0.1) is 6.92 Å². The molecular weight excluding hydrogens is 330 g/mol. The van der Waals surface area contributed by atoms with Crippen molar-refractivity contribution in [3.05, 3.63) is 52.3 Å². The Balaban J connectivity index is 1.59. The lowest BCUT2D eigenvalue weighted by atomic mass is 10.0. The average Bonchev–Trinajstić information content (AvgIpc) is 3.11. The second-order valence-corrected chi connectivity index (χ2v) is 6.59. The van der Waals surface area contributed by atoms with Gasteiger partial charge in [-0.15, -0.1) is 0 Å². The number of benzene rings is 1. The molecule has 110 valence electrons. The number of aromatic nitrogens is 2. The first-order valence-corrected chi connectivity index (χ1v) is 7.93. The van der Waals surface area contributed by atoms with Crippen molar-refractivity contribution < 1.29 is 4.79 Å². The lowest BCUT2D eigenvalue weighted by Crippen LogP contribution is -2.35. The van der Waals surface area contributed by atoms with Crippen molar-refractivity contribution in [2.75, 3.05) is 0 Å². The lowest BCUT2D eigenvalue weighted by Gasteiger charge is -2.18. The Hall–Kier alpha value is -1.62. The highest BCUT2D eigenvalue weighted by atomic mass is 79.9. The molecule has 0 unspecified atom stereocenters. The summed E-state index contributed by atoms with van der Waals surface area (Å²) in [5.41, 5.74) is 2.14. The summed E-state index contributed by atoms with van der Waals surface area (Å²) >= 11 is 3.49. The van der Waals surface area contributed by atoms with Gasteiger partial charge in [0.1, 0.15) is 0 Å². The molecule has 0 atom stereocenters. The number of hydrogen-bond acceptors (Lipinski definition) is 2. The number of nitrogens with zero attached hydrogens (tertiary/aromatic N) is 2. The maximum Gasteiger partial charge on any atom is 0.222 e. The van der Waals surface area contributed by atoms with Gasteiger partial charge in [0.2, 0.25) is 5.91 Å². The van der Waals surface area contributed by atoms with Crippen molar-refractivity contribution in [3.63, 3.8) is 0 Å². The third-order valence-electron chi connectivity index (χ3n) is 3.84. The van der Waals surface area contributed by atoms with Crippen LogP contribution in [0.1, 0.15) is 30.4 Å². The van der Waals surface area contributed by atoms with Gasteiger partial charge in [-0.2, -0.15) is 5.10 Å². The van der Waals surface area contributed by atoms with Gasteiger partial charge in [0.15, 0.2) is 0 Å². The van der Waals surface area contributed by atoms with E-state index in [1.807, 2.05) is 36.1 Å². The van der Waals surface area contributed by atoms with Crippen molar-refractivity contribution in [2.24, 2.45) is 0 Å². The Morgan fingerprint density at radius 3 is 2.90 bits per heavy atom. The molecule has 1 aromatic heterocycles. The highest BCUT2D eigenvalue weighted by Crippen LogP contribution is 2.46. The average molecular weight is 348 g/mol. The maximum atomic E-state index is 12.2. The van der Waals surface area contributed by atoms with E-state index in [1.54, 1.807) is 0 Å². The van der Waals surface area contributed by atoms with E-state index in [-0.39, 0.29) is 11.4 Å². The first-order valence-electron chi connectivity index (χ1n) is 7.14. The summed E-state index contributed by atoms with van der Waals surface area (Å²) in [6, 6.07) is 8.18. The molecule has 1 heterocycles. The van der Waals surface area contributed by atoms with Crippen LogP contribution in [-0.2, 0) is 16.9 Å². The maximum absolute atomic E-state index is 12.2. The smallest absolute Gasteiger partial charge is 0.222 e. The van der Waals surface area contributed by atoms with E-state index in [9.17, 15) is 4.79 Å². The third-order valence-corrected chi connectivity index (χ3v) is 4.33. The van der Waals surface area contributed by atoms with Crippen molar-refractivity contribution >= 4 is 21.8 Å². The van der Waals surface area contributed by atoms with Gasteiger partial charge in [0.05, 0.1) is 11.7 Å². The van der Waals surface area contributed by atoms with E-state index in [2.05, 4.69) is 38.5 Å². The molecule has 0 spiro atoms. The van der Waals surface area contributed by atoms with Crippen molar-refractivity contribution in [1.29, 1.82) is 0 Å². The monoisotopic (exact) mass is 347 g/mol. The van der Waals surface area contributed by atoms with E-state index in [1.165, 1.54) is 5.56 Å². The highest BCUT2D eigenvalue weighted by Gasteiger charge is 2.45. The molecule has 1 amide bonds. The van der Waals surface area contributed by atoms with Crippen molar-refractivity contribution in [2.45, 2.75) is 38.3 Å². The summed E-state index contributed by atoms with van der Waals surface area (Å²) in [7, 11) is 0. The summed E-state index contributed by atoms with van der Waals surface area (Å²) in [5, 5.41) is 7.39. The molecule has 5 heteroatoms. The summed E-state index contributed by atoms with van der Waals surface area (Å²) in [5.74, 6) is 0.0839. The number of rotatable bonds is 5. The van der Waals surface area contributed by atoms with Crippen LogP contribution in [0.3, 0.4) is 0 Å². The molecule has 1 aliphatic carbocycles. The summed E-state index contributed by atoms with van der Waals surface area (Å²) in [4.78, 5) is 12.2. The summed E-state index contributed by atoms with van der Waals surface area (Å²) in [6.45, 7) is 2.62. The minimum absolute atomic E-state index is 0.0839. The summed E-state index contributed by atoms with van der Waals surface area (Å²) < 4.78 is 2.86. The van der Waals surface area contributed by atoms with Crippen LogP contribution in [0.5, 0.6) is 0 Å². The molecule has 4 nitrogen and oxygen atoms in total. The molecule has 1 fully saturated rings. The van der Waals surface area contributed by atoms with Gasteiger partial charge in [0, 0.05) is 23.6 Å². The van der Waals surface area contributed by atoms with Gasteiger partial charge >= 0.3 is 0 Å². The number of amides is 1. The number of carbonyl (C=O) groups excluding carboxylic acids is 1. The van der Waals surface area contributed by atoms with Crippen LogP contribution in [0.25, 0.3) is 0 Å². The van der Waals surface area contributed by atoms with Gasteiger partial charge in [-0.25, -0.2) is 0 Å². The Kier molecular flexibility index (Phi) is 3.85. The number of hydrogen-bond donors (Lipinski definition) is 1. The molecule has 1 aliphatic rings. The molecule has 0 bridgehead atoms. The van der Waals surface area contributed by atoms with Gasteiger partial charge < -0.3 is 5.32 Å². The molecule has 2 aromatic rings. The zero-order valence-electron chi connectivity index (χ0n) is 12.0. The first kappa shape index (κ1) is 14.3. The Morgan fingerprint density at radius 1 is 1.48 bits per heavy atom. The van der Waals surface area contributed by atoms with Gasteiger partial charge in [0.25, 0.3) is 0 Å². The quantitative estimate of drug-likeness (QED) is 0.902. The topological polar surface area (TPSA) is 46.9 Å². The predicted octanol–water partition coefficient (Wildman–Crippen LogP) is 3.15. The van der Waals surface area contributed by atoms with E-state index in [0.29, 0.717) is 13.0 Å². The number of halogens is 1. The van der Waals surface area contributed by atoms with Crippen LogP contribution in [0.15, 0.2) is 41.1 Å². The number of carbonyl (C=O) groups is 1. The number of nitrogens with one attached hydrogen (secondary N) is 1. The SMILES string of the molecule is Cc1cnn(CCC(=O)NC2(c3cccc(Br)c3)CC2)c1. The van der Waals surface area contributed by atoms with E-state index >= 15 is 0 Å².